The molecule has 1 aliphatic heterocycles. The van der Waals surface area contributed by atoms with Gasteiger partial charge in [-0.3, -0.25) is 19.0 Å². The van der Waals surface area contributed by atoms with Crippen molar-refractivity contribution < 1.29 is 14.3 Å². The normalized spacial score (nSPS) is 17.2. The largest absolute Gasteiger partial charge is 0.453 e. The van der Waals surface area contributed by atoms with Crippen LogP contribution >= 0.6 is 0 Å². The molecule has 1 atom stereocenters. The summed E-state index contributed by atoms with van der Waals surface area (Å²) in [6, 6.07) is 17.9. The van der Waals surface area contributed by atoms with Gasteiger partial charge in [0.2, 0.25) is 0 Å². The zero-order valence-electron chi connectivity index (χ0n) is 20.8. The smallest absolute Gasteiger partial charge is 0.307 e. The molecular weight excluding hydrogens is 454 g/mol. The Kier molecular flexibility index (Phi) is 7.16. The molecule has 1 amide bonds. The number of para-hydroxylation sites is 1. The molecule has 1 saturated carbocycles. The first-order valence-corrected chi connectivity index (χ1v) is 13.0. The van der Waals surface area contributed by atoms with Gasteiger partial charge in [0, 0.05) is 25.6 Å². The number of hydrogen-bond acceptors (Lipinski definition) is 5. The summed E-state index contributed by atoms with van der Waals surface area (Å²) in [6.07, 6.45) is 4.40. The van der Waals surface area contributed by atoms with Crippen molar-refractivity contribution in [2.75, 3.05) is 13.1 Å². The number of carbonyl (C=O) groups is 2. The monoisotopic (exact) mass is 487 g/mol. The summed E-state index contributed by atoms with van der Waals surface area (Å²) in [6.45, 7) is 3.02. The lowest BCUT2D eigenvalue weighted by molar-refractivity contribution is -0.159. The summed E-state index contributed by atoms with van der Waals surface area (Å²) in [5.74, 6) is 0.588. The number of aryl methyl sites for hydroxylation is 1. The fourth-order valence-electron chi connectivity index (χ4n) is 5.16. The number of ether oxygens (including phenoxy) is 1. The van der Waals surface area contributed by atoms with Crippen molar-refractivity contribution in [2.24, 2.45) is 5.92 Å². The number of hydrogen-bond donors (Lipinski definition) is 0. The molecule has 188 valence electrons. The van der Waals surface area contributed by atoms with E-state index >= 15 is 0 Å². The van der Waals surface area contributed by atoms with Crippen LogP contribution in [-0.4, -0.2) is 45.5 Å². The van der Waals surface area contributed by atoms with Gasteiger partial charge in [-0.25, -0.2) is 4.98 Å². The Morgan fingerprint density at radius 1 is 1.00 bits per heavy atom. The van der Waals surface area contributed by atoms with Gasteiger partial charge in [0.25, 0.3) is 11.5 Å². The SMILES string of the molecule is CC(OC(=O)CCc1nc2ccccc2c(=O)n1C1CC1)C(=O)N1CCC(Cc2ccccc2)CC1. The number of rotatable bonds is 8. The summed E-state index contributed by atoms with van der Waals surface area (Å²) in [7, 11) is 0. The van der Waals surface area contributed by atoms with E-state index in [0.29, 0.717) is 42.2 Å². The minimum absolute atomic E-state index is 0.0503. The number of esters is 1. The van der Waals surface area contributed by atoms with Gasteiger partial charge in [0.05, 0.1) is 17.3 Å². The van der Waals surface area contributed by atoms with Crippen LogP contribution in [0.2, 0.25) is 0 Å². The van der Waals surface area contributed by atoms with Gasteiger partial charge in [-0.05, 0) is 62.6 Å². The van der Waals surface area contributed by atoms with Gasteiger partial charge in [-0.15, -0.1) is 0 Å². The maximum Gasteiger partial charge on any atom is 0.307 e. The number of aromatic nitrogens is 2. The van der Waals surface area contributed by atoms with Crippen molar-refractivity contribution in [2.45, 2.75) is 64.0 Å². The topological polar surface area (TPSA) is 81.5 Å². The first-order valence-electron chi connectivity index (χ1n) is 13.0. The second-order valence-electron chi connectivity index (χ2n) is 10.0. The van der Waals surface area contributed by atoms with Crippen molar-refractivity contribution in [3.8, 4) is 0 Å². The minimum Gasteiger partial charge on any atom is -0.453 e. The summed E-state index contributed by atoms with van der Waals surface area (Å²) >= 11 is 0. The van der Waals surface area contributed by atoms with E-state index in [9.17, 15) is 14.4 Å². The van der Waals surface area contributed by atoms with Crippen molar-refractivity contribution in [3.63, 3.8) is 0 Å². The highest BCUT2D eigenvalue weighted by molar-refractivity contribution is 5.83. The average Bonchev–Trinajstić information content (AvgIpc) is 3.73. The minimum atomic E-state index is -0.821. The fourth-order valence-corrected chi connectivity index (χ4v) is 5.16. The van der Waals surface area contributed by atoms with Crippen molar-refractivity contribution in [3.05, 3.63) is 76.3 Å². The molecule has 1 saturated heterocycles. The fraction of sp³-hybridized carbons (Fsp3) is 0.448. The van der Waals surface area contributed by atoms with Crippen LogP contribution in [0, 0.1) is 5.92 Å². The Labute approximate surface area is 211 Å². The van der Waals surface area contributed by atoms with E-state index < -0.39 is 12.1 Å². The molecule has 2 aliphatic rings. The van der Waals surface area contributed by atoms with E-state index in [1.54, 1.807) is 17.6 Å². The molecule has 1 aliphatic carbocycles. The van der Waals surface area contributed by atoms with Gasteiger partial charge in [-0.1, -0.05) is 42.5 Å². The van der Waals surface area contributed by atoms with Crippen molar-refractivity contribution in [1.82, 2.24) is 14.5 Å². The zero-order chi connectivity index (χ0) is 25.1. The Morgan fingerprint density at radius 3 is 2.42 bits per heavy atom. The van der Waals surface area contributed by atoms with E-state index in [1.807, 2.05) is 29.2 Å². The summed E-state index contributed by atoms with van der Waals surface area (Å²) in [5.41, 5.74) is 1.92. The predicted molar refractivity (Wildman–Crippen MR) is 138 cm³/mol. The average molecular weight is 488 g/mol. The van der Waals surface area contributed by atoms with Gasteiger partial charge < -0.3 is 9.64 Å². The Morgan fingerprint density at radius 2 is 1.69 bits per heavy atom. The molecule has 1 unspecified atom stereocenters. The van der Waals surface area contributed by atoms with Gasteiger partial charge >= 0.3 is 5.97 Å². The number of carbonyl (C=O) groups excluding carboxylic acids is 2. The van der Waals surface area contributed by atoms with Crippen molar-refractivity contribution in [1.29, 1.82) is 0 Å². The van der Waals surface area contributed by atoms with Crippen LogP contribution in [0.4, 0.5) is 0 Å². The molecule has 2 aromatic carbocycles. The van der Waals surface area contributed by atoms with E-state index in [1.165, 1.54) is 5.56 Å². The van der Waals surface area contributed by atoms with E-state index in [-0.39, 0.29) is 23.9 Å². The third kappa shape index (κ3) is 5.50. The molecular formula is C29H33N3O4. The third-order valence-corrected chi connectivity index (χ3v) is 7.29. The highest BCUT2D eigenvalue weighted by Gasteiger charge is 2.30. The molecule has 1 aromatic heterocycles. The van der Waals surface area contributed by atoms with Gasteiger partial charge in [-0.2, -0.15) is 0 Å². The van der Waals surface area contributed by atoms with Crippen molar-refractivity contribution >= 4 is 22.8 Å². The lowest BCUT2D eigenvalue weighted by Crippen LogP contribution is -2.44. The molecule has 36 heavy (non-hydrogen) atoms. The third-order valence-electron chi connectivity index (χ3n) is 7.29. The summed E-state index contributed by atoms with van der Waals surface area (Å²) in [5, 5.41) is 0.600. The first-order chi connectivity index (χ1) is 17.5. The van der Waals surface area contributed by atoms with Crippen LogP contribution in [0.5, 0.6) is 0 Å². The number of piperidine rings is 1. The van der Waals surface area contributed by atoms with E-state index in [2.05, 4.69) is 29.2 Å². The molecule has 0 bridgehead atoms. The van der Waals surface area contributed by atoms with Crippen LogP contribution in [-0.2, 0) is 27.2 Å². The van der Waals surface area contributed by atoms with Crippen LogP contribution in [0.25, 0.3) is 10.9 Å². The Hall–Kier alpha value is -3.48. The highest BCUT2D eigenvalue weighted by atomic mass is 16.5. The first kappa shape index (κ1) is 24.2. The standard InChI is InChI=1S/C29H33N3O4/c1-20(28(34)31-17-15-22(16-18-31)19-21-7-3-2-4-8-21)36-27(33)14-13-26-30-25-10-6-5-9-24(25)29(35)32(26)23-11-12-23/h2-10,20,22-23H,11-19H2,1H3. The van der Waals surface area contributed by atoms with E-state index in [0.717, 1.165) is 32.1 Å². The highest BCUT2D eigenvalue weighted by Crippen LogP contribution is 2.35. The summed E-state index contributed by atoms with van der Waals surface area (Å²) < 4.78 is 7.24. The molecule has 2 heterocycles. The lowest BCUT2D eigenvalue weighted by atomic mass is 9.90. The van der Waals surface area contributed by atoms with Crippen LogP contribution in [0.15, 0.2) is 59.4 Å². The predicted octanol–water partition coefficient (Wildman–Crippen LogP) is 4.08. The van der Waals surface area contributed by atoms with Gasteiger partial charge in [0.15, 0.2) is 6.10 Å². The molecule has 5 rings (SSSR count). The number of benzene rings is 2. The van der Waals surface area contributed by atoms with Crippen LogP contribution in [0.1, 0.15) is 56.5 Å². The van der Waals surface area contributed by atoms with E-state index in [4.69, 9.17) is 4.74 Å². The molecule has 0 N–H and O–H groups in total. The maximum absolute atomic E-state index is 13.0. The molecule has 3 aromatic rings. The Balaban J connectivity index is 1.14. The quantitative estimate of drug-likeness (QED) is 0.447. The maximum atomic E-state index is 13.0. The second kappa shape index (κ2) is 10.6. The Bertz CT molecular complexity index is 1290. The zero-order valence-corrected chi connectivity index (χ0v) is 20.8. The number of nitrogens with zero attached hydrogens (tertiary/aromatic N) is 3. The number of fused-ring (bicyclic) bond motifs is 1. The summed E-state index contributed by atoms with van der Waals surface area (Å²) in [4.78, 5) is 45.0. The molecule has 0 spiro atoms. The molecule has 0 radical (unpaired) electrons. The molecule has 7 heteroatoms. The van der Waals surface area contributed by atoms with Crippen LogP contribution < -0.4 is 5.56 Å². The lowest BCUT2D eigenvalue weighted by Gasteiger charge is -2.33. The number of amides is 1. The van der Waals surface area contributed by atoms with Crippen LogP contribution in [0.3, 0.4) is 0 Å². The molecule has 7 nitrogen and oxygen atoms in total. The molecule has 2 fully saturated rings. The second-order valence-corrected chi connectivity index (χ2v) is 10.0. The van der Waals surface area contributed by atoms with Gasteiger partial charge in [0.1, 0.15) is 5.82 Å². The number of likely N-dealkylation sites (tertiary alicyclic amines) is 1.